The van der Waals surface area contributed by atoms with E-state index in [2.05, 4.69) is 24.2 Å². The van der Waals surface area contributed by atoms with Gasteiger partial charge in [-0.05, 0) is 38.5 Å². The van der Waals surface area contributed by atoms with Gasteiger partial charge in [-0.1, -0.05) is 13.8 Å². The number of rotatable bonds is 6. The van der Waals surface area contributed by atoms with Crippen molar-refractivity contribution in [1.82, 2.24) is 24.6 Å². The third-order valence-corrected chi connectivity index (χ3v) is 5.99. The van der Waals surface area contributed by atoms with Crippen molar-refractivity contribution in [3.05, 3.63) is 27.7 Å². The first-order valence-corrected chi connectivity index (χ1v) is 10.5. The summed E-state index contributed by atoms with van der Waals surface area (Å²) >= 11 is 1.65. The number of hydrogen-bond donors (Lipinski definition) is 0. The van der Waals surface area contributed by atoms with E-state index in [0.717, 1.165) is 41.9 Å². The van der Waals surface area contributed by atoms with Crippen LogP contribution in [0.15, 0.2) is 5.38 Å². The minimum absolute atomic E-state index is 0.0495. The second kappa shape index (κ2) is 7.10. The molecule has 1 aliphatic carbocycles. The summed E-state index contributed by atoms with van der Waals surface area (Å²) in [6, 6.07) is 0.0495. The Hall–Kier alpha value is -1.76. The van der Waals surface area contributed by atoms with Gasteiger partial charge in [-0.3, -0.25) is 4.79 Å². The summed E-state index contributed by atoms with van der Waals surface area (Å²) in [4.78, 5) is 24.3. The molecule has 1 saturated carbocycles. The van der Waals surface area contributed by atoms with Crippen molar-refractivity contribution in [1.29, 1.82) is 0 Å². The van der Waals surface area contributed by atoms with Crippen LogP contribution >= 0.6 is 11.3 Å². The molecule has 3 heterocycles. The maximum absolute atomic E-state index is 13.0. The van der Waals surface area contributed by atoms with E-state index in [1.54, 1.807) is 11.3 Å². The van der Waals surface area contributed by atoms with E-state index in [4.69, 9.17) is 10.1 Å². The number of hydrogen-bond acceptors (Lipinski definition) is 5. The first kappa shape index (κ1) is 17.6. The molecule has 0 unspecified atom stereocenters. The largest absolute Gasteiger partial charge is 0.331 e. The number of carbonyl (C=O) groups is 1. The van der Waals surface area contributed by atoms with Crippen molar-refractivity contribution in [3.63, 3.8) is 0 Å². The molecule has 7 heteroatoms. The number of amides is 1. The van der Waals surface area contributed by atoms with Crippen LogP contribution in [0, 0.1) is 12.8 Å². The van der Waals surface area contributed by atoms with Gasteiger partial charge < -0.3 is 4.90 Å². The second-order valence-corrected chi connectivity index (χ2v) is 8.98. The Bertz CT molecular complexity index is 792. The van der Waals surface area contributed by atoms with Crippen LogP contribution in [0.5, 0.6) is 0 Å². The molecule has 2 aliphatic rings. The molecule has 1 fully saturated rings. The molecule has 0 radical (unpaired) electrons. The third kappa shape index (κ3) is 3.68. The van der Waals surface area contributed by atoms with Gasteiger partial charge in [0.2, 0.25) is 5.91 Å². The van der Waals surface area contributed by atoms with Crippen LogP contribution in [0.2, 0.25) is 0 Å². The number of aromatic nitrogens is 4. The van der Waals surface area contributed by atoms with Crippen molar-refractivity contribution in [2.75, 3.05) is 6.54 Å². The average molecular weight is 374 g/mol. The van der Waals surface area contributed by atoms with Gasteiger partial charge in [-0.25, -0.2) is 14.6 Å². The van der Waals surface area contributed by atoms with Crippen molar-refractivity contribution in [2.24, 2.45) is 5.92 Å². The standard InChI is InChI=1S/C19H27N5OS/c1-12(2)10-16-19-21-18(14-4-5-14)22-24(19)9-8-23(16)17(25)7-6-15-11-26-13(3)20-15/h11-12,14,16H,4-10H2,1-3H3/t16-/m0/s1. The molecule has 1 amide bonds. The number of fused-ring (bicyclic) bond motifs is 1. The zero-order valence-electron chi connectivity index (χ0n) is 15.8. The molecule has 0 aromatic carbocycles. The van der Waals surface area contributed by atoms with Crippen LogP contribution in [0.25, 0.3) is 0 Å². The Kier molecular flexibility index (Phi) is 4.82. The van der Waals surface area contributed by atoms with E-state index in [0.29, 0.717) is 24.7 Å². The zero-order chi connectivity index (χ0) is 18.3. The maximum Gasteiger partial charge on any atom is 0.223 e. The first-order chi connectivity index (χ1) is 12.5. The summed E-state index contributed by atoms with van der Waals surface area (Å²) < 4.78 is 2.05. The maximum atomic E-state index is 13.0. The summed E-state index contributed by atoms with van der Waals surface area (Å²) in [6.07, 6.45) is 4.57. The number of thiazole rings is 1. The SMILES string of the molecule is Cc1nc(CCC(=O)N2CCn3nc(C4CC4)nc3[C@@H]2CC(C)C)cs1. The monoisotopic (exact) mass is 373 g/mol. The smallest absolute Gasteiger partial charge is 0.223 e. The predicted molar refractivity (Wildman–Crippen MR) is 101 cm³/mol. The fourth-order valence-corrected chi connectivity index (χ4v) is 4.32. The van der Waals surface area contributed by atoms with E-state index >= 15 is 0 Å². The Labute approximate surface area is 158 Å². The van der Waals surface area contributed by atoms with E-state index < -0.39 is 0 Å². The van der Waals surface area contributed by atoms with Crippen molar-refractivity contribution in [3.8, 4) is 0 Å². The molecule has 0 bridgehead atoms. The van der Waals surface area contributed by atoms with E-state index in [9.17, 15) is 4.79 Å². The predicted octanol–water partition coefficient (Wildman–Crippen LogP) is 3.48. The Morgan fingerprint density at radius 1 is 1.31 bits per heavy atom. The minimum Gasteiger partial charge on any atom is -0.331 e. The van der Waals surface area contributed by atoms with Gasteiger partial charge in [0.15, 0.2) is 5.82 Å². The minimum atomic E-state index is 0.0495. The third-order valence-electron chi connectivity index (χ3n) is 5.16. The summed E-state index contributed by atoms with van der Waals surface area (Å²) in [5, 5.41) is 7.84. The number of carbonyl (C=O) groups excluding carboxylic acids is 1. The highest BCUT2D eigenvalue weighted by atomic mass is 32.1. The van der Waals surface area contributed by atoms with Crippen molar-refractivity contribution >= 4 is 17.2 Å². The van der Waals surface area contributed by atoms with Crippen LogP contribution in [0.4, 0.5) is 0 Å². The van der Waals surface area contributed by atoms with Crippen molar-refractivity contribution in [2.45, 2.75) is 71.4 Å². The van der Waals surface area contributed by atoms with Gasteiger partial charge in [0.25, 0.3) is 0 Å². The van der Waals surface area contributed by atoms with Crippen molar-refractivity contribution < 1.29 is 4.79 Å². The Balaban J connectivity index is 1.50. The number of nitrogens with zero attached hydrogens (tertiary/aromatic N) is 5. The second-order valence-electron chi connectivity index (χ2n) is 7.92. The lowest BCUT2D eigenvalue weighted by Gasteiger charge is -2.36. The molecule has 1 aliphatic heterocycles. The molecule has 2 aromatic rings. The molecular formula is C19H27N5OS. The quantitative estimate of drug-likeness (QED) is 0.778. The Morgan fingerprint density at radius 3 is 2.77 bits per heavy atom. The van der Waals surface area contributed by atoms with Gasteiger partial charge in [-0.15, -0.1) is 11.3 Å². The van der Waals surface area contributed by atoms with Crippen LogP contribution in [0.1, 0.15) is 73.8 Å². The topological polar surface area (TPSA) is 63.9 Å². The molecule has 140 valence electrons. The van der Waals surface area contributed by atoms with Gasteiger partial charge in [0.1, 0.15) is 5.82 Å². The van der Waals surface area contributed by atoms with Gasteiger partial charge in [0, 0.05) is 24.3 Å². The Morgan fingerprint density at radius 2 is 2.12 bits per heavy atom. The van der Waals surface area contributed by atoms with Gasteiger partial charge >= 0.3 is 0 Å². The molecule has 26 heavy (non-hydrogen) atoms. The molecular weight excluding hydrogens is 346 g/mol. The fraction of sp³-hybridized carbons (Fsp3) is 0.684. The van der Waals surface area contributed by atoms with Crippen LogP contribution in [0.3, 0.4) is 0 Å². The van der Waals surface area contributed by atoms with Crippen LogP contribution in [-0.4, -0.2) is 37.1 Å². The summed E-state index contributed by atoms with van der Waals surface area (Å²) in [6.45, 7) is 7.90. The molecule has 0 saturated heterocycles. The molecule has 1 atom stereocenters. The molecule has 0 N–H and O–H groups in total. The highest BCUT2D eigenvalue weighted by Gasteiger charge is 2.36. The lowest BCUT2D eigenvalue weighted by atomic mass is 9.99. The summed E-state index contributed by atoms with van der Waals surface area (Å²) in [5.41, 5.74) is 1.03. The molecule has 2 aromatic heterocycles. The summed E-state index contributed by atoms with van der Waals surface area (Å²) in [5.74, 6) is 3.24. The normalized spacial score (nSPS) is 19.8. The molecule has 0 spiro atoms. The zero-order valence-corrected chi connectivity index (χ0v) is 16.6. The van der Waals surface area contributed by atoms with E-state index in [1.807, 2.05) is 16.5 Å². The number of aryl methyl sites for hydroxylation is 2. The van der Waals surface area contributed by atoms with E-state index in [-0.39, 0.29) is 11.9 Å². The van der Waals surface area contributed by atoms with Gasteiger partial charge in [0.05, 0.1) is 23.3 Å². The van der Waals surface area contributed by atoms with Crippen LogP contribution < -0.4 is 0 Å². The highest BCUT2D eigenvalue weighted by Crippen LogP contribution is 2.40. The fourth-order valence-electron chi connectivity index (χ4n) is 3.67. The first-order valence-electron chi connectivity index (χ1n) is 9.66. The summed E-state index contributed by atoms with van der Waals surface area (Å²) in [7, 11) is 0. The average Bonchev–Trinajstić information content (AvgIpc) is 3.22. The lowest BCUT2D eigenvalue weighted by molar-refractivity contribution is -0.135. The highest BCUT2D eigenvalue weighted by molar-refractivity contribution is 7.09. The molecule has 6 nitrogen and oxygen atoms in total. The van der Waals surface area contributed by atoms with E-state index in [1.165, 1.54) is 12.8 Å². The van der Waals surface area contributed by atoms with Gasteiger partial charge in [-0.2, -0.15) is 5.10 Å². The lowest BCUT2D eigenvalue weighted by Crippen LogP contribution is -2.43. The van der Waals surface area contributed by atoms with Crippen LogP contribution in [-0.2, 0) is 17.8 Å². The molecule has 4 rings (SSSR count).